The minimum absolute atomic E-state index is 0.538. The van der Waals surface area contributed by atoms with E-state index in [2.05, 4.69) is 4.98 Å². The van der Waals surface area contributed by atoms with E-state index in [0.29, 0.717) is 0 Å². The highest BCUT2D eigenvalue weighted by atomic mass is 19.2. The molecule has 1 rings (SSSR count). The topological polar surface area (TPSA) is 70.5 Å². The molecule has 0 aromatic carbocycles. The van der Waals surface area contributed by atoms with Gasteiger partial charge in [-0.1, -0.05) is 0 Å². The molecule has 1 heterocycles. The van der Waals surface area contributed by atoms with Crippen LogP contribution in [0.25, 0.3) is 0 Å². The van der Waals surface area contributed by atoms with Crippen molar-refractivity contribution >= 4 is 11.9 Å². The second-order valence-corrected chi connectivity index (χ2v) is 4.92. The van der Waals surface area contributed by atoms with Gasteiger partial charge in [-0.2, -0.15) is 4.39 Å². The van der Waals surface area contributed by atoms with Crippen molar-refractivity contribution in [3.05, 3.63) is 29.6 Å². The Kier molecular flexibility index (Phi) is 4.18. The molecule has 104 valence electrons. The number of aliphatic carboxylic acids is 1. The van der Waals surface area contributed by atoms with E-state index in [1.165, 1.54) is 0 Å². The summed E-state index contributed by atoms with van der Waals surface area (Å²) in [5.41, 5.74) is -1.38. The van der Waals surface area contributed by atoms with Gasteiger partial charge in [0, 0.05) is 11.7 Å². The molecular formula is C12H14F2N2O3. The Morgan fingerprint density at radius 3 is 2.42 bits per heavy atom. The average Bonchev–Trinajstić information content (AvgIpc) is 2.27. The molecule has 0 saturated heterocycles. The third-order valence-corrected chi connectivity index (χ3v) is 2.43. The first-order valence-corrected chi connectivity index (χ1v) is 5.48. The third-order valence-electron chi connectivity index (χ3n) is 2.43. The molecule has 0 aliphatic rings. The Labute approximate surface area is 108 Å². The van der Waals surface area contributed by atoms with Crippen molar-refractivity contribution in [2.24, 2.45) is 0 Å². The van der Waals surface area contributed by atoms with E-state index >= 15 is 0 Å². The number of aromatic nitrogens is 1. The molecule has 0 bridgehead atoms. The van der Waals surface area contributed by atoms with Crippen LogP contribution in [0.3, 0.4) is 0 Å². The lowest BCUT2D eigenvalue weighted by Crippen LogP contribution is -2.48. The summed E-state index contributed by atoms with van der Waals surface area (Å²) in [6, 6.07) is 1.02. The molecule has 0 unspecified atom stereocenters. The van der Waals surface area contributed by atoms with Crippen LogP contribution in [-0.2, 0) is 4.79 Å². The van der Waals surface area contributed by atoms with Crippen LogP contribution >= 0.6 is 0 Å². The van der Waals surface area contributed by atoms with Crippen molar-refractivity contribution < 1.29 is 23.5 Å². The molecule has 0 atom stereocenters. The summed E-state index contributed by atoms with van der Waals surface area (Å²) in [4.78, 5) is 26.9. The second kappa shape index (κ2) is 5.29. The normalized spacial score (nSPS) is 11.2. The maximum atomic E-state index is 13.5. The highest BCUT2D eigenvalue weighted by Gasteiger charge is 2.31. The van der Waals surface area contributed by atoms with E-state index in [1.807, 2.05) is 0 Å². The summed E-state index contributed by atoms with van der Waals surface area (Å²) >= 11 is 0. The van der Waals surface area contributed by atoms with Crippen LogP contribution in [0, 0.1) is 11.8 Å². The number of rotatable bonds is 3. The standard InChI is InChI=1S/C12H14F2N2O3/c1-12(2,3)16(6-8(17)18)11(19)7-4-5-15-10(14)9(7)13/h4-5H,6H2,1-3H3,(H,17,18). The van der Waals surface area contributed by atoms with Gasteiger partial charge in [-0.3, -0.25) is 9.59 Å². The molecule has 0 spiro atoms. The summed E-state index contributed by atoms with van der Waals surface area (Å²) in [6.07, 6.45) is 0.952. The summed E-state index contributed by atoms with van der Waals surface area (Å²) in [6.45, 7) is 4.20. The van der Waals surface area contributed by atoms with Crippen LogP contribution in [0.2, 0.25) is 0 Å². The highest BCUT2D eigenvalue weighted by molar-refractivity contribution is 5.96. The minimum atomic E-state index is -1.39. The van der Waals surface area contributed by atoms with Crippen LogP contribution in [0.5, 0.6) is 0 Å². The number of carboxylic acid groups (broad SMARTS) is 1. The molecule has 7 heteroatoms. The van der Waals surface area contributed by atoms with Crippen LogP contribution in [0.1, 0.15) is 31.1 Å². The van der Waals surface area contributed by atoms with E-state index in [4.69, 9.17) is 5.11 Å². The lowest BCUT2D eigenvalue weighted by atomic mass is 10.0. The Balaban J connectivity index is 3.20. The van der Waals surface area contributed by atoms with Gasteiger partial charge in [0.1, 0.15) is 6.54 Å². The Morgan fingerprint density at radius 1 is 1.37 bits per heavy atom. The fourth-order valence-electron chi connectivity index (χ4n) is 1.48. The first-order chi connectivity index (χ1) is 8.64. The molecular weight excluding hydrogens is 258 g/mol. The van der Waals surface area contributed by atoms with Gasteiger partial charge in [-0.05, 0) is 26.8 Å². The van der Waals surface area contributed by atoms with E-state index < -0.39 is 41.3 Å². The van der Waals surface area contributed by atoms with Crippen LogP contribution < -0.4 is 0 Å². The summed E-state index contributed by atoms with van der Waals surface area (Å²) in [5.74, 6) is -4.91. The number of hydrogen-bond donors (Lipinski definition) is 1. The van der Waals surface area contributed by atoms with Gasteiger partial charge in [0.2, 0.25) is 5.95 Å². The number of amides is 1. The largest absolute Gasteiger partial charge is 0.480 e. The summed E-state index contributed by atoms with van der Waals surface area (Å²) in [5, 5.41) is 8.79. The first kappa shape index (κ1) is 15.0. The monoisotopic (exact) mass is 272 g/mol. The second-order valence-electron chi connectivity index (χ2n) is 4.92. The number of carbonyl (C=O) groups is 2. The number of carboxylic acids is 1. The highest BCUT2D eigenvalue weighted by Crippen LogP contribution is 2.19. The molecule has 1 aromatic heterocycles. The molecule has 5 nitrogen and oxygen atoms in total. The molecule has 0 aliphatic carbocycles. The van der Waals surface area contributed by atoms with Gasteiger partial charge in [-0.15, -0.1) is 0 Å². The van der Waals surface area contributed by atoms with E-state index in [9.17, 15) is 18.4 Å². The van der Waals surface area contributed by atoms with Crippen LogP contribution in [0.15, 0.2) is 12.3 Å². The number of hydrogen-bond acceptors (Lipinski definition) is 3. The van der Waals surface area contributed by atoms with Crippen molar-refractivity contribution in [2.45, 2.75) is 26.3 Å². The molecule has 0 fully saturated rings. The van der Waals surface area contributed by atoms with Gasteiger partial charge < -0.3 is 10.0 Å². The van der Waals surface area contributed by atoms with Crippen LogP contribution in [0.4, 0.5) is 8.78 Å². The SMILES string of the molecule is CC(C)(C)N(CC(=O)O)C(=O)c1ccnc(F)c1F. The van der Waals surface area contributed by atoms with Crippen molar-refractivity contribution in [2.75, 3.05) is 6.54 Å². The Hall–Kier alpha value is -2.05. The molecule has 0 saturated carbocycles. The number of carbonyl (C=O) groups excluding carboxylic acids is 1. The van der Waals surface area contributed by atoms with Gasteiger partial charge >= 0.3 is 5.97 Å². The smallest absolute Gasteiger partial charge is 0.323 e. The molecule has 19 heavy (non-hydrogen) atoms. The quantitative estimate of drug-likeness (QED) is 0.850. The van der Waals surface area contributed by atoms with Crippen molar-refractivity contribution in [1.82, 2.24) is 9.88 Å². The average molecular weight is 272 g/mol. The van der Waals surface area contributed by atoms with Gasteiger partial charge in [0.25, 0.3) is 5.91 Å². The zero-order valence-corrected chi connectivity index (χ0v) is 10.8. The zero-order valence-electron chi connectivity index (χ0n) is 10.8. The van der Waals surface area contributed by atoms with Gasteiger partial charge in [-0.25, -0.2) is 9.37 Å². The van der Waals surface area contributed by atoms with Crippen molar-refractivity contribution in [3.8, 4) is 0 Å². The molecule has 1 N–H and O–H groups in total. The molecule has 0 radical (unpaired) electrons. The van der Waals surface area contributed by atoms with Gasteiger partial charge in [0.05, 0.1) is 5.56 Å². The minimum Gasteiger partial charge on any atom is -0.480 e. The molecule has 1 aromatic rings. The summed E-state index contributed by atoms with van der Waals surface area (Å²) < 4.78 is 26.5. The number of nitrogens with zero attached hydrogens (tertiary/aromatic N) is 2. The predicted molar refractivity (Wildman–Crippen MR) is 62.6 cm³/mol. The van der Waals surface area contributed by atoms with Crippen LogP contribution in [-0.4, -0.2) is 39.0 Å². The summed E-state index contributed by atoms with van der Waals surface area (Å²) in [7, 11) is 0. The van der Waals surface area contributed by atoms with Gasteiger partial charge in [0.15, 0.2) is 5.82 Å². The zero-order chi connectivity index (χ0) is 14.8. The van der Waals surface area contributed by atoms with Crippen molar-refractivity contribution in [1.29, 1.82) is 0 Å². The Bertz CT molecular complexity index is 512. The Morgan fingerprint density at radius 2 is 1.95 bits per heavy atom. The maximum Gasteiger partial charge on any atom is 0.323 e. The first-order valence-electron chi connectivity index (χ1n) is 5.48. The molecule has 1 amide bonds. The predicted octanol–water partition coefficient (Wildman–Crippen LogP) is 1.69. The fraction of sp³-hybridized carbons (Fsp3) is 0.417. The lowest BCUT2D eigenvalue weighted by molar-refractivity contribution is -0.138. The molecule has 0 aliphatic heterocycles. The maximum absolute atomic E-state index is 13.5. The fourth-order valence-corrected chi connectivity index (χ4v) is 1.48. The lowest BCUT2D eigenvalue weighted by Gasteiger charge is -2.34. The number of pyridine rings is 1. The van der Waals surface area contributed by atoms with E-state index in [-0.39, 0.29) is 0 Å². The van der Waals surface area contributed by atoms with E-state index in [0.717, 1.165) is 17.2 Å². The van der Waals surface area contributed by atoms with E-state index in [1.54, 1.807) is 20.8 Å². The van der Waals surface area contributed by atoms with Crippen molar-refractivity contribution in [3.63, 3.8) is 0 Å². The third kappa shape index (κ3) is 3.46. The number of halogens is 2.